The third kappa shape index (κ3) is 8.49. The second-order valence-electron chi connectivity index (χ2n) is 7.21. The minimum Gasteiger partial charge on any atom is -0.458 e. The van der Waals surface area contributed by atoms with Crippen molar-refractivity contribution in [1.82, 2.24) is 10.6 Å². The van der Waals surface area contributed by atoms with Gasteiger partial charge in [0.25, 0.3) is 0 Å². The summed E-state index contributed by atoms with van der Waals surface area (Å²) < 4.78 is 5.37. The second-order valence-corrected chi connectivity index (χ2v) is 7.21. The van der Waals surface area contributed by atoms with E-state index in [1.165, 1.54) is 12.2 Å². The molecular weight excluding hydrogens is 322 g/mol. The molecule has 7 nitrogen and oxygen atoms in total. The molecule has 25 heavy (non-hydrogen) atoms. The molecule has 0 bridgehead atoms. The summed E-state index contributed by atoms with van der Waals surface area (Å²) in [7, 11) is 0. The molecule has 1 rings (SSSR count). The van der Waals surface area contributed by atoms with Gasteiger partial charge in [-0.05, 0) is 59.6 Å². The fourth-order valence-corrected chi connectivity index (χ4v) is 2.39. The molecule has 0 saturated carbocycles. The van der Waals surface area contributed by atoms with Crippen molar-refractivity contribution in [1.29, 1.82) is 0 Å². The molecule has 0 spiro atoms. The van der Waals surface area contributed by atoms with E-state index in [2.05, 4.69) is 10.6 Å². The number of nitrogens with one attached hydrogen (secondary N) is 2. The Morgan fingerprint density at radius 2 is 1.96 bits per heavy atom. The zero-order chi connectivity index (χ0) is 19.0. The Kier molecular flexibility index (Phi) is 7.83. The Bertz CT molecular complexity index is 573. The normalized spacial score (nSPS) is 15.8. The molecule has 0 radical (unpaired) electrons. The zero-order valence-electron chi connectivity index (χ0n) is 15.5. The first-order chi connectivity index (χ1) is 11.6. The van der Waals surface area contributed by atoms with Crippen molar-refractivity contribution in [2.24, 2.45) is 5.73 Å². The largest absolute Gasteiger partial charge is 0.458 e. The fraction of sp³-hybridized carbons (Fsp3) is 0.611. The molecule has 2 amide bonds. The first kappa shape index (κ1) is 20.9. The van der Waals surface area contributed by atoms with E-state index in [9.17, 15) is 14.4 Å². The van der Waals surface area contributed by atoms with Crippen molar-refractivity contribution in [2.75, 3.05) is 6.54 Å². The van der Waals surface area contributed by atoms with Crippen LogP contribution in [-0.2, 0) is 14.3 Å². The first-order valence-electron chi connectivity index (χ1n) is 8.53. The van der Waals surface area contributed by atoms with Gasteiger partial charge in [0.2, 0.25) is 0 Å². The fourth-order valence-electron chi connectivity index (χ4n) is 2.39. The van der Waals surface area contributed by atoms with Crippen molar-refractivity contribution in [2.45, 2.75) is 65.0 Å². The molecule has 0 unspecified atom stereocenters. The van der Waals surface area contributed by atoms with Crippen LogP contribution in [0.1, 0.15) is 53.4 Å². The van der Waals surface area contributed by atoms with Gasteiger partial charge in [-0.1, -0.05) is 5.57 Å². The lowest BCUT2D eigenvalue weighted by atomic mass is 10.0. The number of ether oxygens (including phenoxy) is 1. The van der Waals surface area contributed by atoms with Crippen LogP contribution in [0.2, 0.25) is 0 Å². The topological polar surface area (TPSA) is 111 Å². The second kappa shape index (κ2) is 9.36. The highest BCUT2D eigenvalue weighted by Gasteiger charge is 2.26. The number of hydrogen-bond acceptors (Lipinski definition) is 5. The Labute approximate surface area is 149 Å². The van der Waals surface area contributed by atoms with E-state index in [1.54, 1.807) is 20.8 Å². The van der Waals surface area contributed by atoms with Crippen LogP contribution in [0.3, 0.4) is 0 Å². The number of carbonyl (C=O) groups is 3. The lowest BCUT2D eigenvalue weighted by Gasteiger charge is -2.25. The summed E-state index contributed by atoms with van der Waals surface area (Å²) in [6.07, 6.45) is 5.29. The molecule has 140 valence electrons. The summed E-state index contributed by atoms with van der Waals surface area (Å²) in [5.74, 6) is -0.643. The van der Waals surface area contributed by atoms with E-state index in [0.29, 0.717) is 31.5 Å². The quantitative estimate of drug-likeness (QED) is 0.479. The molecule has 0 aromatic rings. The van der Waals surface area contributed by atoms with Crippen LogP contribution in [0.15, 0.2) is 23.4 Å². The van der Waals surface area contributed by atoms with Crippen LogP contribution in [0.5, 0.6) is 0 Å². The third-order valence-corrected chi connectivity index (χ3v) is 3.39. The highest BCUT2D eigenvalue weighted by Crippen LogP contribution is 2.14. The van der Waals surface area contributed by atoms with Crippen LogP contribution in [0.4, 0.5) is 4.79 Å². The van der Waals surface area contributed by atoms with Gasteiger partial charge in [0.05, 0.1) is 0 Å². The Balaban J connectivity index is 2.67. The summed E-state index contributed by atoms with van der Waals surface area (Å²) in [6, 6.07) is -1.29. The van der Waals surface area contributed by atoms with Crippen molar-refractivity contribution >= 4 is 17.8 Å². The summed E-state index contributed by atoms with van der Waals surface area (Å²) in [5, 5.41) is 5.27. The van der Waals surface area contributed by atoms with E-state index >= 15 is 0 Å². The highest BCUT2D eigenvalue weighted by molar-refractivity contribution is 6.01. The molecule has 0 fully saturated rings. The Morgan fingerprint density at radius 1 is 1.28 bits per heavy atom. The van der Waals surface area contributed by atoms with Crippen LogP contribution >= 0.6 is 0 Å². The number of allylic oxidation sites excluding steroid dienone is 3. The van der Waals surface area contributed by atoms with Crippen molar-refractivity contribution in [3.05, 3.63) is 23.4 Å². The van der Waals surface area contributed by atoms with E-state index in [1.807, 2.05) is 6.92 Å². The predicted molar refractivity (Wildman–Crippen MR) is 95.7 cm³/mol. The smallest absolute Gasteiger partial charge is 0.329 e. The lowest BCUT2D eigenvalue weighted by Crippen LogP contribution is -2.48. The van der Waals surface area contributed by atoms with Gasteiger partial charge >= 0.3 is 12.0 Å². The van der Waals surface area contributed by atoms with E-state index in [-0.39, 0.29) is 5.78 Å². The number of amides is 2. The van der Waals surface area contributed by atoms with Gasteiger partial charge in [0.1, 0.15) is 11.6 Å². The van der Waals surface area contributed by atoms with Gasteiger partial charge < -0.3 is 21.1 Å². The minimum absolute atomic E-state index is 0.161. The van der Waals surface area contributed by atoms with Crippen molar-refractivity contribution in [3.8, 4) is 0 Å². The maximum atomic E-state index is 12.3. The van der Waals surface area contributed by atoms with Crippen LogP contribution in [0, 0.1) is 0 Å². The van der Waals surface area contributed by atoms with Crippen LogP contribution in [-0.4, -0.2) is 36.0 Å². The minimum atomic E-state index is -0.762. The van der Waals surface area contributed by atoms with Gasteiger partial charge in [-0.25, -0.2) is 9.59 Å². The van der Waals surface area contributed by atoms with E-state index in [4.69, 9.17) is 10.5 Å². The van der Waals surface area contributed by atoms with Crippen molar-refractivity contribution < 1.29 is 19.1 Å². The van der Waals surface area contributed by atoms with E-state index < -0.39 is 23.6 Å². The molecule has 4 N–H and O–H groups in total. The summed E-state index contributed by atoms with van der Waals surface area (Å²) in [4.78, 5) is 36.0. The van der Waals surface area contributed by atoms with Gasteiger partial charge in [-0.3, -0.25) is 4.79 Å². The average molecular weight is 351 g/mol. The molecule has 0 aromatic carbocycles. The van der Waals surface area contributed by atoms with Crippen LogP contribution in [0.25, 0.3) is 0 Å². The maximum Gasteiger partial charge on any atom is 0.329 e. The summed E-state index contributed by atoms with van der Waals surface area (Å²) in [5.41, 5.74) is 6.22. The average Bonchev–Trinajstić information content (AvgIpc) is 2.43. The number of unbranched alkanes of at least 4 members (excludes halogenated alkanes) is 1. The number of rotatable bonds is 7. The first-order valence-corrected chi connectivity index (χ1v) is 8.53. The van der Waals surface area contributed by atoms with Gasteiger partial charge in [-0.2, -0.15) is 0 Å². The maximum absolute atomic E-state index is 12.3. The number of esters is 1. The zero-order valence-corrected chi connectivity index (χ0v) is 15.5. The Hall–Kier alpha value is -2.15. The lowest BCUT2D eigenvalue weighted by molar-refractivity contribution is -0.157. The number of urea groups is 1. The van der Waals surface area contributed by atoms with Gasteiger partial charge in [0, 0.05) is 18.2 Å². The molecule has 0 heterocycles. The molecular formula is C18H29N3O4. The number of ketones is 1. The SMILES string of the molecule is CC1=CC(=O)C=C(NC(=O)N[C@@H](CCCCN)C(=O)OC(C)(C)C)C1. The summed E-state index contributed by atoms with van der Waals surface area (Å²) >= 11 is 0. The molecule has 1 atom stereocenters. The molecule has 0 saturated heterocycles. The monoisotopic (exact) mass is 351 g/mol. The molecule has 1 aliphatic rings. The molecule has 0 aromatic heterocycles. The number of hydrogen-bond donors (Lipinski definition) is 3. The number of carbonyl (C=O) groups excluding carboxylic acids is 3. The van der Waals surface area contributed by atoms with Crippen LogP contribution < -0.4 is 16.4 Å². The Morgan fingerprint density at radius 3 is 2.52 bits per heavy atom. The van der Waals surface area contributed by atoms with Gasteiger partial charge in [-0.15, -0.1) is 0 Å². The summed E-state index contributed by atoms with van der Waals surface area (Å²) in [6.45, 7) is 7.66. The molecule has 1 aliphatic carbocycles. The predicted octanol–water partition coefficient (Wildman–Crippen LogP) is 1.93. The molecule has 7 heteroatoms. The molecule has 0 aliphatic heterocycles. The third-order valence-electron chi connectivity index (χ3n) is 3.39. The standard InChI is InChI=1S/C18H29N3O4/c1-12-9-13(11-14(22)10-12)20-17(24)21-15(7-5-6-8-19)16(23)25-18(2,3)4/h10-11,15H,5-9,19H2,1-4H3,(H2,20,21,24)/t15-/m0/s1. The van der Waals surface area contributed by atoms with E-state index in [0.717, 1.165) is 12.0 Å². The highest BCUT2D eigenvalue weighted by atomic mass is 16.6. The number of nitrogens with two attached hydrogens (primary N) is 1. The van der Waals surface area contributed by atoms with Crippen molar-refractivity contribution in [3.63, 3.8) is 0 Å². The van der Waals surface area contributed by atoms with Gasteiger partial charge in [0.15, 0.2) is 5.78 Å².